The summed E-state index contributed by atoms with van der Waals surface area (Å²) in [6.07, 6.45) is 3.43. The number of primary amides is 1. The average molecular weight is 565 g/mol. The minimum atomic E-state index is -2.18. The molecule has 1 aromatic carbocycles. The number of nitriles is 1. The van der Waals surface area contributed by atoms with E-state index in [1.54, 1.807) is 18.3 Å². The number of esters is 1. The maximum absolute atomic E-state index is 13.8. The van der Waals surface area contributed by atoms with Crippen molar-refractivity contribution in [3.63, 3.8) is 0 Å². The zero-order valence-electron chi connectivity index (χ0n) is 22.3. The van der Waals surface area contributed by atoms with Gasteiger partial charge in [-0.05, 0) is 63.2 Å². The number of hydrogen-bond acceptors (Lipinski definition) is 11. The minimum Gasteiger partial charge on any atom is -0.450 e. The Morgan fingerprint density at radius 2 is 1.90 bits per heavy atom. The molecule has 13 nitrogen and oxygen atoms in total. The van der Waals surface area contributed by atoms with E-state index < -0.39 is 35.5 Å². The van der Waals surface area contributed by atoms with Crippen LogP contribution in [0.2, 0.25) is 0 Å². The maximum atomic E-state index is 13.8. The molecule has 0 aliphatic carbocycles. The van der Waals surface area contributed by atoms with Crippen molar-refractivity contribution in [3.05, 3.63) is 48.2 Å². The number of nitrogens with two attached hydrogens (primary N) is 1. The van der Waals surface area contributed by atoms with Crippen LogP contribution in [-0.4, -0.2) is 70.8 Å². The van der Waals surface area contributed by atoms with Gasteiger partial charge in [0.15, 0.2) is 12.4 Å². The highest BCUT2D eigenvalue weighted by atomic mass is 19.1. The fourth-order valence-electron chi connectivity index (χ4n) is 4.64. The predicted molar refractivity (Wildman–Crippen MR) is 142 cm³/mol. The van der Waals surface area contributed by atoms with Gasteiger partial charge in [0.05, 0.1) is 30.3 Å². The molecule has 1 amide bonds. The van der Waals surface area contributed by atoms with Crippen LogP contribution in [0.15, 0.2) is 36.5 Å². The third-order valence-corrected chi connectivity index (χ3v) is 6.99. The number of aromatic amines is 1. The van der Waals surface area contributed by atoms with Gasteiger partial charge in [0.25, 0.3) is 5.91 Å². The smallest absolute Gasteiger partial charge is 0.317 e. The molecule has 3 aromatic rings. The minimum absolute atomic E-state index is 0.0850. The Morgan fingerprint density at radius 1 is 1.20 bits per heavy atom. The van der Waals surface area contributed by atoms with E-state index in [0.717, 1.165) is 25.9 Å². The van der Waals surface area contributed by atoms with Crippen LogP contribution in [0.1, 0.15) is 25.6 Å². The predicted octanol–water partition coefficient (Wildman–Crippen LogP) is 1.59. The molecule has 0 bridgehead atoms. The molecule has 4 heterocycles. The molecule has 2 fully saturated rings. The third-order valence-electron chi connectivity index (χ3n) is 6.99. The van der Waals surface area contributed by atoms with Crippen molar-refractivity contribution < 1.29 is 28.2 Å². The van der Waals surface area contributed by atoms with Crippen LogP contribution < -0.4 is 16.4 Å². The van der Waals surface area contributed by atoms with Crippen LogP contribution in [-0.2, 0) is 29.6 Å². The largest absolute Gasteiger partial charge is 0.450 e. The van der Waals surface area contributed by atoms with E-state index in [4.69, 9.17) is 25.2 Å². The molecule has 214 valence electrons. The number of ether oxygens (including phenoxy) is 3. The number of benzene rings is 1. The van der Waals surface area contributed by atoms with Gasteiger partial charge < -0.3 is 35.6 Å². The first kappa shape index (κ1) is 28.1. The van der Waals surface area contributed by atoms with E-state index in [2.05, 4.69) is 30.6 Å². The van der Waals surface area contributed by atoms with Gasteiger partial charge in [0.1, 0.15) is 17.3 Å². The van der Waals surface area contributed by atoms with E-state index in [1.165, 1.54) is 31.2 Å². The summed E-state index contributed by atoms with van der Waals surface area (Å²) in [7, 11) is 0. The normalized spacial score (nSPS) is 23.0. The zero-order chi connectivity index (χ0) is 29.0. The Balaban J connectivity index is 1.52. The van der Waals surface area contributed by atoms with E-state index in [1.807, 2.05) is 0 Å². The Labute approximate surface area is 234 Å². The monoisotopic (exact) mass is 564 g/mol. The number of halogens is 1. The molecule has 2 aliphatic rings. The summed E-state index contributed by atoms with van der Waals surface area (Å²) >= 11 is 0. The van der Waals surface area contributed by atoms with Gasteiger partial charge in [-0.3, -0.25) is 9.59 Å². The van der Waals surface area contributed by atoms with Crippen LogP contribution in [0.5, 0.6) is 0 Å². The molecular weight excluding hydrogens is 535 g/mol. The number of nitrogens with zero attached hydrogens (tertiary/aromatic N) is 4. The van der Waals surface area contributed by atoms with Gasteiger partial charge in [0.2, 0.25) is 5.95 Å². The number of nitrogens with one attached hydrogen (secondary N) is 3. The molecule has 0 spiro atoms. The van der Waals surface area contributed by atoms with Crippen LogP contribution in [0.3, 0.4) is 0 Å². The van der Waals surface area contributed by atoms with Crippen molar-refractivity contribution in [1.82, 2.24) is 25.3 Å². The second-order valence-corrected chi connectivity index (χ2v) is 10.1. The van der Waals surface area contributed by atoms with Crippen molar-refractivity contribution >= 4 is 17.8 Å². The molecule has 2 saturated heterocycles. The van der Waals surface area contributed by atoms with Crippen molar-refractivity contribution in [1.29, 1.82) is 5.26 Å². The summed E-state index contributed by atoms with van der Waals surface area (Å²) in [5.41, 5.74) is 6.15. The molecule has 0 saturated carbocycles. The van der Waals surface area contributed by atoms with Gasteiger partial charge >= 0.3 is 11.8 Å². The molecule has 0 unspecified atom stereocenters. The number of rotatable bonds is 8. The first-order valence-electron chi connectivity index (χ1n) is 13.0. The number of H-pyrrole nitrogens is 1. The fourth-order valence-corrected chi connectivity index (χ4v) is 4.64. The number of anilines is 1. The average Bonchev–Trinajstić information content (AvgIpc) is 3.43. The van der Waals surface area contributed by atoms with E-state index in [0.29, 0.717) is 28.6 Å². The van der Waals surface area contributed by atoms with Gasteiger partial charge in [-0.2, -0.15) is 5.26 Å². The lowest BCUT2D eigenvalue weighted by Gasteiger charge is -2.40. The second kappa shape index (κ2) is 11.6. The van der Waals surface area contributed by atoms with Gasteiger partial charge in [-0.15, -0.1) is 0 Å². The Kier molecular flexibility index (Phi) is 7.93. The molecule has 0 radical (unpaired) electrons. The Morgan fingerprint density at radius 3 is 2.56 bits per heavy atom. The summed E-state index contributed by atoms with van der Waals surface area (Å²) < 4.78 is 30.3. The molecule has 41 heavy (non-hydrogen) atoms. The van der Waals surface area contributed by atoms with Crippen molar-refractivity contribution in [2.45, 2.75) is 31.6 Å². The van der Waals surface area contributed by atoms with Crippen LogP contribution >= 0.6 is 0 Å². The van der Waals surface area contributed by atoms with Crippen molar-refractivity contribution in [2.24, 2.45) is 11.1 Å². The summed E-state index contributed by atoms with van der Waals surface area (Å²) in [4.78, 5) is 42.0. The SMILES string of the molecule is CC1(C(=O)OCC#N)COC(C(N)=O)(c2nc(-c3ccc(F)cc3)c(-c3ccnc(NC4CCNCC4)n3)[nH]2)OC1. The quantitative estimate of drug-likeness (QED) is 0.291. The first-order valence-corrected chi connectivity index (χ1v) is 13.0. The lowest BCUT2D eigenvalue weighted by Crippen LogP contribution is -2.56. The Hall–Kier alpha value is -4.45. The zero-order valence-corrected chi connectivity index (χ0v) is 22.3. The Bertz CT molecular complexity index is 1460. The number of amides is 1. The van der Waals surface area contributed by atoms with E-state index in [-0.39, 0.29) is 25.1 Å². The summed E-state index contributed by atoms with van der Waals surface area (Å²) in [5.74, 6) is -4.01. The van der Waals surface area contributed by atoms with Gasteiger partial charge in [-0.1, -0.05) is 0 Å². The van der Waals surface area contributed by atoms with Crippen molar-refractivity contribution in [2.75, 3.05) is 38.2 Å². The van der Waals surface area contributed by atoms with Crippen molar-refractivity contribution in [3.8, 4) is 28.7 Å². The second-order valence-electron chi connectivity index (χ2n) is 10.1. The number of carbonyl (C=O) groups is 2. The first-order chi connectivity index (χ1) is 19.7. The summed E-state index contributed by atoms with van der Waals surface area (Å²) in [6, 6.07) is 9.25. The molecule has 0 atom stereocenters. The molecule has 2 aliphatic heterocycles. The van der Waals surface area contributed by atoms with Crippen LogP contribution in [0, 0.1) is 22.6 Å². The molecule has 5 rings (SSSR count). The molecule has 2 aromatic heterocycles. The number of carbonyl (C=O) groups excluding carboxylic acids is 2. The fraction of sp³-hybridized carbons (Fsp3) is 0.407. The van der Waals surface area contributed by atoms with E-state index >= 15 is 0 Å². The highest BCUT2D eigenvalue weighted by Crippen LogP contribution is 2.39. The number of hydrogen-bond donors (Lipinski definition) is 4. The number of imidazole rings is 1. The number of piperidine rings is 1. The molecule has 14 heteroatoms. The summed E-state index contributed by atoms with van der Waals surface area (Å²) in [6.45, 7) is 2.25. The van der Waals surface area contributed by atoms with Gasteiger partial charge in [-0.25, -0.2) is 19.3 Å². The highest BCUT2D eigenvalue weighted by molar-refractivity contribution is 5.85. The lowest BCUT2D eigenvalue weighted by molar-refractivity contribution is -0.293. The summed E-state index contributed by atoms with van der Waals surface area (Å²) in [5, 5.41) is 15.4. The van der Waals surface area contributed by atoms with Crippen LogP contribution in [0.25, 0.3) is 22.6 Å². The number of aromatic nitrogens is 4. The third kappa shape index (κ3) is 5.73. The maximum Gasteiger partial charge on any atom is 0.317 e. The van der Waals surface area contributed by atoms with Crippen LogP contribution in [0.4, 0.5) is 10.3 Å². The van der Waals surface area contributed by atoms with E-state index in [9.17, 15) is 14.0 Å². The molecular formula is C27H29FN8O5. The highest BCUT2D eigenvalue weighted by Gasteiger charge is 2.54. The topological polar surface area (TPSA) is 190 Å². The molecule has 5 N–H and O–H groups in total. The van der Waals surface area contributed by atoms with Gasteiger partial charge in [0, 0.05) is 17.8 Å². The lowest BCUT2D eigenvalue weighted by atomic mass is 9.91. The standard InChI is InChI=1S/C27H29FN8O5/c1-26(24(38)39-13-9-29)14-40-27(22(30)37,41-15-26)23-35-20(16-2-4-17(28)5-3-16)21(36-23)19-8-12-32-25(34-19)33-18-6-10-31-11-7-18/h2-5,8,12,18,31H,6-7,10-11,13-15H2,1H3,(H2,30,37)(H,35,36)(H,32,33,34).